The molecule has 0 bridgehead atoms. The zero-order valence-corrected chi connectivity index (χ0v) is 10.4. The fraction of sp³-hybridized carbons (Fsp3) is 0.400. The number of halogens is 3. The smallest absolute Gasteiger partial charge is 0.139 e. The first-order valence-electron chi connectivity index (χ1n) is 4.55. The van der Waals surface area contributed by atoms with Crippen molar-refractivity contribution in [2.45, 2.75) is 12.7 Å². The molecule has 0 saturated carbocycles. The highest BCUT2D eigenvalue weighted by Gasteiger charge is 2.11. The summed E-state index contributed by atoms with van der Waals surface area (Å²) in [5.74, 6) is -1.32. The van der Waals surface area contributed by atoms with Crippen LogP contribution in [0.25, 0.3) is 0 Å². The molecule has 3 nitrogen and oxygen atoms in total. The Morgan fingerprint density at radius 3 is 2.38 bits per heavy atom. The SMILES string of the molecule is OCC(CO)OCc1cc(I)c(F)cc1F. The molecular weight excluding hydrogens is 333 g/mol. The fourth-order valence-electron chi connectivity index (χ4n) is 1.05. The second kappa shape index (κ2) is 6.43. The minimum atomic E-state index is -0.748. The molecule has 1 aromatic rings. The van der Waals surface area contributed by atoms with Crippen molar-refractivity contribution in [1.29, 1.82) is 0 Å². The van der Waals surface area contributed by atoms with Crippen LogP contribution in [0.15, 0.2) is 12.1 Å². The van der Waals surface area contributed by atoms with Crippen molar-refractivity contribution in [3.63, 3.8) is 0 Å². The van der Waals surface area contributed by atoms with E-state index in [0.29, 0.717) is 3.57 Å². The summed E-state index contributed by atoms with van der Waals surface area (Å²) in [7, 11) is 0. The number of hydrogen-bond donors (Lipinski definition) is 2. The Labute approximate surface area is 105 Å². The summed E-state index contributed by atoms with van der Waals surface area (Å²) in [5.41, 5.74) is 0.192. The van der Waals surface area contributed by atoms with Crippen molar-refractivity contribution in [2.24, 2.45) is 0 Å². The van der Waals surface area contributed by atoms with Gasteiger partial charge in [-0.25, -0.2) is 8.78 Å². The highest BCUT2D eigenvalue weighted by molar-refractivity contribution is 14.1. The molecule has 0 heterocycles. The van der Waals surface area contributed by atoms with Gasteiger partial charge < -0.3 is 14.9 Å². The monoisotopic (exact) mass is 344 g/mol. The minimum Gasteiger partial charge on any atom is -0.394 e. The largest absolute Gasteiger partial charge is 0.394 e. The van der Waals surface area contributed by atoms with Crippen LogP contribution in [0.2, 0.25) is 0 Å². The lowest BCUT2D eigenvalue weighted by Crippen LogP contribution is -2.22. The van der Waals surface area contributed by atoms with Gasteiger partial charge in [0, 0.05) is 15.2 Å². The first-order chi connectivity index (χ1) is 7.58. The van der Waals surface area contributed by atoms with Gasteiger partial charge in [-0.15, -0.1) is 0 Å². The number of ether oxygens (including phenoxy) is 1. The van der Waals surface area contributed by atoms with Gasteiger partial charge in [0.25, 0.3) is 0 Å². The van der Waals surface area contributed by atoms with Crippen molar-refractivity contribution >= 4 is 22.6 Å². The molecule has 0 spiro atoms. The van der Waals surface area contributed by atoms with Gasteiger partial charge >= 0.3 is 0 Å². The first kappa shape index (κ1) is 13.8. The highest BCUT2D eigenvalue weighted by Crippen LogP contribution is 2.17. The highest BCUT2D eigenvalue weighted by atomic mass is 127. The summed E-state index contributed by atoms with van der Waals surface area (Å²) in [6.07, 6.45) is -0.748. The molecular formula is C10H11F2IO3. The molecule has 1 aromatic carbocycles. The second-order valence-electron chi connectivity index (χ2n) is 3.16. The van der Waals surface area contributed by atoms with E-state index in [-0.39, 0.29) is 25.4 Å². The van der Waals surface area contributed by atoms with Crippen LogP contribution in [0, 0.1) is 15.2 Å². The summed E-state index contributed by atoms with van der Waals surface area (Å²) in [6.45, 7) is -0.819. The number of rotatable bonds is 5. The predicted octanol–water partition coefficient (Wildman–Crippen LogP) is 1.44. The Bertz CT molecular complexity index is 356. The molecule has 16 heavy (non-hydrogen) atoms. The molecule has 6 heteroatoms. The summed E-state index contributed by atoms with van der Waals surface area (Å²) < 4.78 is 31.5. The lowest BCUT2D eigenvalue weighted by molar-refractivity contribution is -0.0293. The van der Waals surface area contributed by atoms with Crippen LogP contribution in [0.5, 0.6) is 0 Å². The Balaban J connectivity index is 2.70. The number of aliphatic hydroxyl groups excluding tert-OH is 2. The van der Waals surface area contributed by atoms with Crippen LogP contribution < -0.4 is 0 Å². The third kappa shape index (κ3) is 3.62. The van der Waals surface area contributed by atoms with E-state index in [1.54, 1.807) is 22.6 Å². The third-order valence-corrected chi connectivity index (χ3v) is 2.80. The fourth-order valence-corrected chi connectivity index (χ4v) is 1.58. The normalized spacial score (nSPS) is 11.1. The maximum absolute atomic E-state index is 13.2. The predicted molar refractivity (Wildman–Crippen MR) is 61.8 cm³/mol. The third-order valence-electron chi connectivity index (χ3n) is 1.97. The van der Waals surface area contributed by atoms with Gasteiger partial charge in [0.05, 0.1) is 19.8 Å². The van der Waals surface area contributed by atoms with Gasteiger partial charge in [0.15, 0.2) is 0 Å². The van der Waals surface area contributed by atoms with Gasteiger partial charge in [-0.2, -0.15) is 0 Å². The molecule has 0 aliphatic carbocycles. The maximum Gasteiger partial charge on any atom is 0.139 e. The van der Waals surface area contributed by atoms with E-state index < -0.39 is 17.7 Å². The number of hydrogen-bond acceptors (Lipinski definition) is 3. The zero-order chi connectivity index (χ0) is 12.1. The lowest BCUT2D eigenvalue weighted by Gasteiger charge is -2.13. The summed E-state index contributed by atoms with van der Waals surface area (Å²) in [4.78, 5) is 0. The standard InChI is InChI=1S/C10H11F2IO3/c11-8-2-9(12)10(13)1-6(8)5-16-7(3-14)4-15/h1-2,7,14-15H,3-5H2. The lowest BCUT2D eigenvalue weighted by atomic mass is 10.2. The zero-order valence-electron chi connectivity index (χ0n) is 8.29. The van der Waals surface area contributed by atoms with Crippen molar-refractivity contribution < 1.29 is 23.7 Å². The molecule has 0 aromatic heterocycles. The second-order valence-corrected chi connectivity index (χ2v) is 4.32. The molecule has 2 N–H and O–H groups in total. The topological polar surface area (TPSA) is 49.7 Å². The van der Waals surface area contributed by atoms with Gasteiger partial charge in [-0.3, -0.25) is 0 Å². The van der Waals surface area contributed by atoms with Crippen LogP contribution in [0.4, 0.5) is 8.78 Å². The quantitative estimate of drug-likeness (QED) is 0.628. The van der Waals surface area contributed by atoms with Crippen LogP contribution in [-0.4, -0.2) is 29.5 Å². The van der Waals surface area contributed by atoms with Crippen molar-refractivity contribution in [2.75, 3.05) is 13.2 Å². The average Bonchev–Trinajstić information content (AvgIpc) is 2.26. The average molecular weight is 344 g/mol. The molecule has 0 radical (unpaired) electrons. The molecule has 0 fully saturated rings. The maximum atomic E-state index is 13.2. The molecule has 0 atom stereocenters. The van der Waals surface area contributed by atoms with Crippen LogP contribution in [-0.2, 0) is 11.3 Å². The Morgan fingerprint density at radius 2 is 1.81 bits per heavy atom. The van der Waals surface area contributed by atoms with E-state index in [0.717, 1.165) is 6.07 Å². The first-order valence-corrected chi connectivity index (χ1v) is 5.63. The van der Waals surface area contributed by atoms with Gasteiger partial charge in [0.2, 0.25) is 0 Å². The van der Waals surface area contributed by atoms with Gasteiger partial charge in [0.1, 0.15) is 17.7 Å². The Morgan fingerprint density at radius 1 is 1.19 bits per heavy atom. The minimum absolute atomic E-state index is 0.117. The van der Waals surface area contributed by atoms with Crippen molar-refractivity contribution in [3.05, 3.63) is 32.9 Å². The Hall–Kier alpha value is -0.310. The van der Waals surface area contributed by atoms with E-state index in [2.05, 4.69) is 0 Å². The van der Waals surface area contributed by atoms with E-state index in [4.69, 9.17) is 14.9 Å². The molecule has 90 valence electrons. The van der Waals surface area contributed by atoms with Crippen molar-refractivity contribution in [3.8, 4) is 0 Å². The molecule has 0 aliphatic heterocycles. The summed E-state index contributed by atoms with van der Waals surface area (Å²) in [5, 5.41) is 17.5. The van der Waals surface area contributed by atoms with E-state index in [9.17, 15) is 8.78 Å². The molecule has 0 amide bonds. The van der Waals surface area contributed by atoms with Gasteiger partial charge in [-0.1, -0.05) is 0 Å². The summed E-state index contributed by atoms with van der Waals surface area (Å²) >= 11 is 1.75. The van der Waals surface area contributed by atoms with Crippen LogP contribution in [0.1, 0.15) is 5.56 Å². The number of aliphatic hydroxyl groups is 2. The van der Waals surface area contributed by atoms with E-state index in [1.165, 1.54) is 6.07 Å². The molecule has 1 rings (SSSR count). The number of benzene rings is 1. The molecule has 0 saturated heterocycles. The van der Waals surface area contributed by atoms with E-state index >= 15 is 0 Å². The molecule has 0 aliphatic rings. The van der Waals surface area contributed by atoms with Gasteiger partial charge in [-0.05, 0) is 28.7 Å². The van der Waals surface area contributed by atoms with Crippen molar-refractivity contribution in [1.82, 2.24) is 0 Å². The Kier molecular flexibility index (Phi) is 5.53. The molecule has 0 unspecified atom stereocenters. The van der Waals surface area contributed by atoms with Crippen LogP contribution >= 0.6 is 22.6 Å². The van der Waals surface area contributed by atoms with Crippen LogP contribution in [0.3, 0.4) is 0 Å². The van der Waals surface area contributed by atoms with E-state index in [1.807, 2.05) is 0 Å². The summed E-state index contributed by atoms with van der Waals surface area (Å²) in [6, 6.07) is 2.12.